The molecule has 1 saturated heterocycles. The van der Waals surface area contributed by atoms with Crippen LogP contribution in [0.2, 0.25) is 8.26 Å². The molecule has 0 bridgehead atoms. The van der Waals surface area contributed by atoms with Crippen LogP contribution in [0.25, 0.3) is 56.0 Å². The molecule has 0 N–H and O–H groups in total. The summed E-state index contributed by atoms with van der Waals surface area (Å²) in [4.78, 5) is 0. The van der Waals surface area contributed by atoms with Crippen molar-refractivity contribution in [2.45, 2.75) is 70.9 Å². The molecule has 0 aromatic heterocycles. The van der Waals surface area contributed by atoms with Crippen LogP contribution >= 0.6 is 0 Å². The van der Waals surface area contributed by atoms with Crippen LogP contribution in [0.3, 0.4) is 0 Å². The molecule has 0 spiro atoms. The third-order valence-electron chi connectivity index (χ3n) is 12.9. The number of halogens is 2. The van der Waals surface area contributed by atoms with Crippen LogP contribution < -0.4 is 24.8 Å². The molecule has 0 nitrogen and oxygen atoms in total. The van der Waals surface area contributed by atoms with Crippen LogP contribution in [0.5, 0.6) is 0 Å². The van der Waals surface area contributed by atoms with Crippen molar-refractivity contribution in [2.24, 2.45) is 11.8 Å². The molecule has 0 radical (unpaired) electrons. The van der Waals surface area contributed by atoms with E-state index in [1.807, 2.05) is 0 Å². The second-order valence-corrected chi connectivity index (χ2v) is 28.0. The Kier molecular flexibility index (Phi) is 10.2. The molecule has 1 heterocycles. The van der Waals surface area contributed by atoms with Crippen molar-refractivity contribution in [2.75, 3.05) is 0 Å². The fourth-order valence-electron chi connectivity index (χ4n) is 10.7. The number of hydrogen-bond acceptors (Lipinski definition) is 0. The molecule has 9 rings (SSSR count). The molecule has 0 amide bonds. The van der Waals surface area contributed by atoms with Crippen molar-refractivity contribution in [3.05, 3.63) is 153 Å². The predicted octanol–water partition coefficient (Wildman–Crippen LogP) is 8.46. The number of aryl methyl sites for hydroxylation is 4. The molecule has 2 unspecified atom stereocenters. The van der Waals surface area contributed by atoms with Gasteiger partial charge in [-0.15, -0.1) is 0 Å². The van der Waals surface area contributed by atoms with Gasteiger partial charge in [-0.2, -0.15) is 0 Å². The smallest absolute Gasteiger partial charge is 1.00 e. The van der Waals surface area contributed by atoms with Gasteiger partial charge in [-0.1, -0.05) is 0 Å². The molecule has 1 aliphatic heterocycles. The molecule has 2 aliphatic carbocycles. The van der Waals surface area contributed by atoms with E-state index in [1.54, 1.807) is 22.3 Å². The second-order valence-electron chi connectivity index (χ2n) is 16.7. The molecular formula is C50H50Cl2Zr. The van der Waals surface area contributed by atoms with Gasteiger partial charge < -0.3 is 24.8 Å². The van der Waals surface area contributed by atoms with Crippen molar-refractivity contribution < 1.29 is 45.1 Å². The fraction of sp³-hybridized carbons (Fsp3) is 0.280. The van der Waals surface area contributed by atoms with Crippen molar-refractivity contribution in [3.63, 3.8) is 0 Å². The first-order valence-electron chi connectivity index (χ1n) is 19.3. The maximum atomic E-state index is 2.71. The third-order valence-corrected chi connectivity index (χ3v) is 25.7. The van der Waals surface area contributed by atoms with Crippen LogP contribution in [0.4, 0.5) is 0 Å². The maximum Gasteiger partial charge on any atom is -1.00 e. The summed E-state index contributed by atoms with van der Waals surface area (Å²) >= 11 is -3.00. The van der Waals surface area contributed by atoms with E-state index >= 15 is 0 Å². The summed E-state index contributed by atoms with van der Waals surface area (Å²) in [5.41, 5.74) is 21.4. The molecular weight excluding hydrogens is 763 g/mol. The van der Waals surface area contributed by atoms with Crippen molar-refractivity contribution >= 4 is 33.7 Å². The van der Waals surface area contributed by atoms with Crippen LogP contribution in [0.1, 0.15) is 79.5 Å². The van der Waals surface area contributed by atoms with E-state index in [0.717, 1.165) is 0 Å². The molecule has 6 aromatic carbocycles. The van der Waals surface area contributed by atoms with Gasteiger partial charge in [-0.05, 0) is 0 Å². The number of hydrogen-bond donors (Lipinski definition) is 0. The summed E-state index contributed by atoms with van der Waals surface area (Å²) in [6, 6.07) is 36.8. The van der Waals surface area contributed by atoms with E-state index < -0.39 is 20.3 Å². The SMILES string of the molecule is Cc1cc(C)c2c(c1-c1cccc3ccccc13)C=C(C(C)C)[CH]2[Zr+2]1([CH]2C(C(C)C)=Cc3c(-c4cccc5ccccc45)c(C)cc(C)c32)[CH2][CH2]1.[Cl-].[Cl-]. The van der Waals surface area contributed by atoms with Crippen LogP contribution in [-0.2, 0) is 20.3 Å². The number of fused-ring (bicyclic) bond motifs is 4. The minimum absolute atomic E-state index is 0. The van der Waals surface area contributed by atoms with E-state index in [-0.39, 0.29) is 24.8 Å². The number of allylic oxidation sites excluding steroid dienone is 2. The molecule has 53 heavy (non-hydrogen) atoms. The number of rotatable bonds is 6. The summed E-state index contributed by atoms with van der Waals surface area (Å²) in [5, 5.41) is 5.38. The van der Waals surface area contributed by atoms with Crippen molar-refractivity contribution in [3.8, 4) is 22.3 Å². The molecule has 1 fully saturated rings. The first-order valence-corrected chi connectivity index (χ1v) is 25.6. The average Bonchev–Trinajstić information content (AvgIpc) is 3.62. The largest absolute Gasteiger partial charge is 1.00 e. The van der Waals surface area contributed by atoms with Gasteiger partial charge in [0.25, 0.3) is 0 Å². The third kappa shape index (κ3) is 5.79. The Morgan fingerprint density at radius 2 is 0.868 bits per heavy atom. The van der Waals surface area contributed by atoms with E-state index in [9.17, 15) is 0 Å². The van der Waals surface area contributed by atoms with Gasteiger partial charge in [0.1, 0.15) is 0 Å². The van der Waals surface area contributed by atoms with Gasteiger partial charge in [-0.25, -0.2) is 0 Å². The maximum absolute atomic E-state index is 3.00. The molecule has 2 atom stereocenters. The molecule has 3 heteroatoms. The van der Waals surface area contributed by atoms with Gasteiger partial charge in [-0.3, -0.25) is 0 Å². The van der Waals surface area contributed by atoms with Crippen molar-refractivity contribution in [1.82, 2.24) is 0 Å². The zero-order chi connectivity index (χ0) is 35.3. The monoisotopic (exact) mass is 810 g/mol. The predicted molar refractivity (Wildman–Crippen MR) is 218 cm³/mol. The summed E-state index contributed by atoms with van der Waals surface area (Å²) in [6.07, 6.45) is 5.41. The zero-order valence-corrected chi connectivity index (χ0v) is 36.3. The van der Waals surface area contributed by atoms with Gasteiger partial charge >= 0.3 is 312 Å². The zero-order valence-electron chi connectivity index (χ0n) is 32.4. The van der Waals surface area contributed by atoms with E-state index in [1.165, 1.54) is 85.4 Å². The quantitative estimate of drug-likeness (QED) is 0.159. The summed E-state index contributed by atoms with van der Waals surface area (Å²) in [5.74, 6) is 1.05. The van der Waals surface area contributed by atoms with E-state index in [2.05, 4.69) is 165 Å². The summed E-state index contributed by atoms with van der Waals surface area (Å²) in [7, 11) is 0. The minimum atomic E-state index is -3.00. The van der Waals surface area contributed by atoms with Crippen LogP contribution in [-0.4, -0.2) is 0 Å². The Morgan fingerprint density at radius 1 is 0.491 bits per heavy atom. The van der Waals surface area contributed by atoms with E-state index in [4.69, 9.17) is 0 Å². The second kappa shape index (κ2) is 14.1. The minimum Gasteiger partial charge on any atom is -1.00 e. The fourth-order valence-corrected chi connectivity index (χ4v) is 29.3. The molecule has 3 aliphatic rings. The Bertz CT molecular complexity index is 2310. The topological polar surface area (TPSA) is 0 Å². The summed E-state index contributed by atoms with van der Waals surface area (Å²) in [6.45, 7) is 19.5. The van der Waals surface area contributed by atoms with Crippen molar-refractivity contribution in [1.29, 1.82) is 0 Å². The van der Waals surface area contributed by atoms with E-state index in [0.29, 0.717) is 19.1 Å². The molecule has 268 valence electrons. The molecule has 0 saturated carbocycles. The van der Waals surface area contributed by atoms with Crippen LogP contribution in [0.15, 0.2) is 108 Å². The Balaban J connectivity index is 0.00000218. The van der Waals surface area contributed by atoms with Crippen LogP contribution in [0, 0.1) is 39.5 Å². The Morgan fingerprint density at radius 3 is 1.25 bits per heavy atom. The standard InChI is InChI=1S/2C24H23.C2H4.2ClH.Zr/c2*1-15(2)19-13-22-16(3)12-17(4)24(23(22)14-19)21-11-7-9-18-8-5-6-10-20(18)21;1-2;;;/h2*5-15H,1-4H3;1-2H2;2*1H;/q;;;;;+2/p-2. The Labute approximate surface area is 334 Å². The normalized spacial score (nSPS) is 17.5. The molecule has 6 aromatic rings. The van der Waals surface area contributed by atoms with Gasteiger partial charge in [0.05, 0.1) is 0 Å². The first kappa shape index (κ1) is 38.1. The Hall–Kier alpha value is -3.22. The number of benzene rings is 6. The van der Waals surface area contributed by atoms with Gasteiger partial charge in [0, 0.05) is 0 Å². The average molecular weight is 813 g/mol. The first-order chi connectivity index (χ1) is 24.6. The summed E-state index contributed by atoms with van der Waals surface area (Å²) < 4.78 is 4.18. The van der Waals surface area contributed by atoms with Gasteiger partial charge in [0.15, 0.2) is 0 Å². The van der Waals surface area contributed by atoms with Gasteiger partial charge in [0.2, 0.25) is 0 Å².